The van der Waals surface area contributed by atoms with Crippen LogP contribution in [0.1, 0.15) is 51.9 Å². The predicted octanol–water partition coefficient (Wildman–Crippen LogP) is 3.31. The Hall–Kier alpha value is -1.26. The molecule has 0 aromatic heterocycles. The minimum atomic E-state index is -0.235. The molecule has 0 bridgehead atoms. The zero-order chi connectivity index (χ0) is 17.1. The number of hydrogen-bond acceptors (Lipinski definition) is 4. The summed E-state index contributed by atoms with van der Waals surface area (Å²) in [5, 5.41) is 9.17. The average Bonchev–Trinajstić information content (AvgIpc) is 2.50. The quantitative estimate of drug-likeness (QED) is 0.672. The summed E-state index contributed by atoms with van der Waals surface area (Å²) in [5.74, 6) is 0.711. The Labute approximate surface area is 141 Å². The lowest BCUT2D eigenvalue weighted by Crippen LogP contribution is -2.39. The zero-order valence-electron chi connectivity index (χ0n) is 14.9. The molecule has 23 heavy (non-hydrogen) atoms. The third kappa shape index (κ3) is 7.71. The van der Waals surface area contributed by atoms with E-state index >= 15 is 0 Å². The summed E-state index contributed by atoms with van der Waals surface area (Å²) in [5.41, 5.74) is 7.52. The molecule has 2 saturated carbocycles. The first-order chi connectivity index (χ1) is 11.1. The lowest BCUT2D eigenvalue weighted by atomic mass is 9.86. The van der Waals surface area contributed by atoms with Gasteiger partial charge in [0.1, 0.15) is 0 Å². The molecule has 3 N–H and O–H groups in total. The van der Waals surface area contributed by atoms with Gasteiger partial charge in [-0.15, -0.1) is 0 Å². The van der Waals surface area contributed by atoms with E-state index in [1.54, 1.807) is 14.1 Å². The number of aliphatic hydroxyl groups excluding tert-OH is 1. The average molecular weight is 319 g/mol. The molecule has 3 atom stereocenters. The Morgan fingerprint density at radius 2 is 1.43 bits per heavy atom. The lowest BCUT2D eigenvalue weighted by molar-refractivity contribution is 0.0906. The van der Waals surface area contributed by atoms with Crippen LogP contribution in [0.5, 0.6) is 0 Å². The fourth-order valence-electron chi connectivity index (χ4n) is 2.50. The molecule has 130 valence electrons. The van der Waals surface area contributed by atoms with E-state index < -0.39 is 0 Å². The Morgan fingerprint density at radius 1 is 0.957 bits per heavy atom. The standard InChI is InChI=1S/C8H10N2.C7H15NO.C4H8/c1-9-7-5-3-4-6-8(7)10-2;1-5-2-3-7(9)6(8)4-5;1-2-4-3-1/h3-6H,1-2H3;5-7,9H,2-4,8H2,1H3;1-4H2. The molecule has 0 heterocycles. The van der Waals surface area contributed by atoms with E-state index in [-0.39, 0.29) is 12.1 Å². The van der Waals surface area contributed by atoms with Crippen molar-refractivity contribution in [1.82, 2.24) is 0 Å². The van der Waals surface area contributed by atoms with Gasteiger partial charge in [0.15, 0.2) is 0 Å². The third-order valence-corrected chi connectivity index (χ3v) is 4.49. The maximum atomic E-state index is 9.17. The molecule has 2 fully saturated rings. The van der Waals surface area contributed by atoms with Crippen molar-refractivity contribution in [2.24, 2.45) is 21.6 Å². The smallest absolute Gasteiger partial charge is 0.0822 e. The van der Waals surface area contributed by atoms with E-state index in [9.17, 15) is 5.11 Å². The molecular weight excluding hydrogens is 286 g/mol. The van der Waals surface area contributed by atoms with Gasteiger partial charge in [0, 0.05) is 20.1 Å². The number of hydrogen-bond donors (Lipinski definition) is 2. The van der Waals surface area contributed by atoms with E-state index in [4.69, 9.17) is 5.73 Å². The van der Waals surface area contributed by atoms with Crippen molar-refractivity contribution >= 4 is 11.4 Å². The highest BCUT2D eigenvalue weighted by Gasteiger charge is 2.23. The number of nitrogens with zero attached hydrogens (tertiary/aromatic N) is 2. The van der Waals surface area contributed by atoms with Gasteiger partial charge in [-0.2, -0.15) is 0 Å². The van der Waals surface area contributed by atoms with Crippen molar-refractivity contribution < 1.29 is 5.11 Å². The number of aliphatic hydroxyl groups is 1. The molecule has 0 aliphatic heterocycles. The molecule has 4 nitrogen and oxygen atoms in total. The van der Waals surface area contributed by atoms with Gasteiger partial charge in [0.25, 0.3) is 0 Å². The molecule has 3 aliphatic carbocycles. The summed E-state index contributed by atoms with van der Waals surface area (Å²) in [7, 11) is 3.54. The van der Waals surface area contributed by atoms with Gasteiger partial charge >= 0.3 is 0 Å². The van der Waals surface area contributed by atoms with Crippen LogP contribution < -0.4 is 5.73 Å². The maximum Gasteiger partial charge on any atom is 0.0822 e. The monoisotopic (exact) mass is 319 g/mol. The van der Waals surface area contributed by atoms with Gasteiger partial charge in [-0.25, -0.2) is 0 Å². The highest BCUT2D eigenvalue weighted by Crippen LogP contribution is 2.22. The minimum Gasteiger partial charge on any atom is -0.392 e. The summed E-state index contributed by atoms with van der Waals surface area (Å²) >= 11 is 0. The summed E-state index contributed by atoms with van der Waals surface area (Å²) < 4.78 is 0. The highest BCUT2D eigenvalue weighted by molar-refractivity contribution is 6.51. The Bertz CT molecular complexity index is 418. The zero-order valence-corrected chi connectivity index (χ0v) is 14.9. The minimum absolute atomic E-state index is 0.0359. The van der Waals surface area contributed by atoms with Crippen LogP contribution >= 0.6 is 0 Å². The highest BCUT2D eigenvalue weighted by atomic mass is 16.3. The molecular formula is C19H33N3O. The van der Waals surface area contributed by atoms with Gasteiger partial charge < -0.3 is 10.8 Å². The van der Waals surface area contributed by atoms with Crippen LogP contribution in [-0.2, 0) is 0 Å². The summed E-state index contributed by atoms with van der Waals surface area (Å²) in [6.45, 7) is 2.19. The predicted molar refractivity (Wildman–Crippen MR) is 100 cm³/mol. The fraction of sp³-hybridized carbons (Fsp3) is 0.684. The second-order valence-electron chi connectivity index (χ2n) is 6.50. The van der Waals surface area contributed by atoms with Crippen LogP contribution in [0.25, 0.3) is 0 Å². The van der Waals surface area contributed by atoms with E-state index in [1.165, 1.54) is 25.7 Å². The van der Waals surface area contributed by atoms with Gasteiger partial charge in [-0.3, -0.25) is 9.98 Å². The van der Waals surface area contributed by atoms with Crippen LogP contribution in [0, 0.1) is 5.92 Å². The van der Waals surface area contributed by atoms with Crippen molar-refractivity contribution in [3.63, 3.8) is 0 Å². The van der Waals surface area contributed by atoms with E-state index in [0.717, 1.165) is 30.7 Å². The van der Waals surface area contributed by atoms with Crippen LogP contribution in [-0.4, -0.2) is 42.8 Å². The van der Waals surface area contributed by atoms with Crippen molar-refractivity contribution in [2.45, 2.75) is 64.0 Å². The van der Waals surface area contributed by atoms with Gasteiger partial charge in [-0.1, -0.05) is 44.8 Å². The Kier molecular flexibility index (Phi) is 9.72. The van der Waals surface area contributed by atoms with Crippen LogP contribution in [0.3, 0.4) is 0 Å². The fourth-order valence-corrected chi connectivity index (χ4v) is 2.50. The Morgan fingerprint density at radius 3 is 1.74 bits per heavy atom. The molecule has 0 aromatic carbocycles. The molecule has 0 radical (unpaired) electrons. The number of rotatable bonds is 0. The second kappa shape index (κ2) is 11.3. The first kappa shape index (κ1) is 19.8. The summed E-state index contributed by atoms with van der Waals surface area (Å²) in [6, 6.07) is 0.0359. The van der Waals surface area contributed by atoms with Gasteiger partial charge in [0.2, 0.25) is 0 Å². The molecule has 0 spiro atoms. The number of nitrogens with two attached hydrogens (primary N) is 1. The summed E-state index contributed by atoms with van der Waals surface area (Å²) in [4.78, 5) is 8.10. The largest absolute Gasteiger partial charge is 0.392 e. The first-order valence-corrected chi connectivity index (χ1v) is 8.80. The molecule has 0 saturated heterocycles. The molecule has 3 aliphatic rings. The van der Waals surface area contributed by atoms with Crippen LogP contribution in [0.2, 0.25) is 0 Å². The normalized spacial score (nSPS) is 32.5. The maximum absolute atomic E-state index is 9.17. The van der Waals surface area contributed by atoms with Crippen LogP contribution in [0.15, 0.2) is 34.3 Å². The molecule has 0 amide bonds. The molecule has 3 rings (SSSR count). The molecule has 3 unspecified atom stereocenters. The first-order valence-electron chi connectivity index (χ1n) is 8.80. The number of aliphatic imine (C=N–C) groups is 2. The summed E-state index contributed by atoms with van der Waals surface area (Å²) in [6.07, 6.45) is 16.6. The van der Waals surface area contributed by atoms with Crippen molar-refractivity contribution in [3.05, 3.63) is 24.3 Å². The molecule has 4 heteroatoms. The van der Waals surface area contributed by atoms with Crippen molar-refractivity contribution in [2.75, 3.05) is 14.1 Å². The number of allylic oxidation sites excluding steroid dienone is 4. The van der Waals surface area contributed by atoms with E-state index in [1.807, 2.05) is 24.3 Å². The van der Waals surface area contributed by atoms with Crippen molar-refractivity contribution in [3.8, 4) is 0 Å². The van der Waals surface area contributed by atoms with Gasteiger partial charge in [0.05, 0.1) is 17.5 Å². The third-order valence-electron chi connectivity index (χ3n) is 4.49. The Balaban J connectivity index is 0.000000187. The SMILES string of the molecule is C1CCC1.CC1CCC(O)C(N)C1.CN=C1C=CC=CC1=NC. The van der Waals surface area contributed by atoms with E-state index in [0.29, 0.717) is 5.92 Å². The topological polar surface area (TPSA) is 71.0 Å². The van der Waals surface area contributed by atoms with Gasteiger partial charge in [-0.05, 0) is 37.3 Å². The van der Waals surface area contributed by atoms with Crippen LogP contribution in [0.4, 0.5) is 0 Å². The van der Waals surface area contributed by atoms with Crippen molar-refractivity contribution in [1.29, 1.82) is 0 Å². The lowest BCUT2D eigenvalue weighted by Gasteiger charge is -2.28. The molecule has 0 aromatic rings. The second-order valence-corrected chi connectivity index (χ2v) is 6.50. The van der Waals surface area contributed by atoms with E-state index in [2.05, 4.69) is 16.9 Å².